The van der Waals surface area contributed by atoms with E-state index >= 15 is 0 Å². The summed E-state index contributed by atoms with van der Waals surface area (Å²) >= 11 is 5.82. The molecule has 0 unspecified atom stereocenters. The molecule has 3 amide bonds. The topological polar surface area (TPSA) is 118 Å². The molecule has 0 atom stereocenters. The number of anilines is 1. The molecule has 162 valence electrons. The first-order valence-corrected chi connectivity index (χ1v) is 9.82. The van der Waals surface area contributed by atoms with E-state index in [0.29, 0.717) is 27.8 Å². The highest BCUT2D eigenvalue weighted by molar-refractivity contribution is 6.35. The van der Waals surface area contributed by atoms with Crippen molar-refractivity contribution in [3.63, 3.8) is 0 Å². The number of methoxy groups -OCH3 is 1. The number of nitrogens with one attached hydrogen (secondary N) is 3. The Morgan fingerprint density at radius 1 is 1.10 bits per heavy atom. The van der Waals surface area contributed by atoms with Crippen LogP contribution in [0.3, 0.4) is 0 Å². The average Bonchev–Trinajstić information content (AvgIpc) is 3.58. The van der Waals surface area contributed by atoms with Crippen LogP contribution in [0.15, 0.2) is 47.6 Å². The summed E-state index contributed by atoms with van der Waals surface area (Å²) in [6.07, 6.45) is 3.14. The Balaban J connectivity index is 1.51. The molecular weight excluding hydrogens is 424 g/mol. The van der Waals surface area contributed by atoms with Crippen molar-refractivity contribution in [2.75, 3.05) is 19.0 Å². The van der Waals surface area contributed by atoms with Gasteiger partial charge in [0.2, 0.25) is 0 Å². The Hall–Kier alpha value is -3.59. The van der Waals surface area contributed by atoms with Gasteiger partial charge in [-0.25, -0.2) is 5.43 Å². The predicted octanol–water partition coefficient (Wildman–Crippen LogP) is 2.09. The monoisotopic (exact) mass is 444 g/mol. The maximum atomic E-state index is 12.1. The van der Waals surface area contributed by atoms with Crippen molar-refractivity contribution < 1.29 is 23.9 Å². The van der Waals surface area contributed by atoms with E-state index in [0.717, 1.165) is 12.8 Å². The molecule has 1 fully saturated rings. The number of rotatable bonds is 8. The average molecular weight is 445 g/mol. The molecule has 3 rings (SSSR count). The van der Waals surface area contributed by atoms with E-state index in [1.807, 2.05) is 0 Å². The van der Waals surface area contributed by atoms with E-state index < -0.39 is 11.8 Å². The minimum absolute atomic E-state index is 0.0901. The summed E-state index contributed by atoms with van der Waals surface area (Å²) in [5.41, 5.74) is 3.36. The van der Waals surface area contributed by atoms with E-state index in [1.54, 1.807) is 42.5 Å². The first-order valence-electron chi connectivity index (χ1n) is 9.45. The fourth-order valence-corrected chi connectivity index (χ4v) is 2.58. The van der Waals surface area contributed by atoms with Crippen molar-refractivity contribution in [2.45, 2.75) is 18.9 Å². The van der Waals surface area contributed by atoms with Gasteiger partial charge in [0.05, 0.1) is 13.3 Å². The number of carbonyl (C=O) groups excluding carboxylic acids is 3. The molecule has 0 aromatic heterocycles. The third-order valence-electron chi connectivity index (χ3n) is 4.17. The fourth-order valence-electron chi connectivity index (χ4n) is 2.45. The van der Waals surface area contributed by atoms with Gasteiger partial charge in [-0.3, -0.25) is 14.4 Å². The van der Waals surface area contributed by atoms with Gasteiger partial charge in [0.15, 0.2) is 18.1 Å². The zero-order valence-electron chi connectivity index (χ0n) is 16.7. The molecule has 1 aliphatic rings. The van der Waals surface area contributed by atoms with Crippen LogP contribution in [0.2, 0.25) is 5.02 Å². The van der Waals surface area contributed by atoms with Gasteiger partial charge in [0.25, 0.3) is 5.91 Å². The number of amides is 3. The standard InChI is InChI=1S/C21H21ClN4O5/c1-30-18-10-13(11-23-26-21(29)20(28)25-16-7-8-16)2-9-17(18)31-12-19(27)24-15-5-3-14(22)4-6-15/h2-6,9-11,16H,7-8,12H2,1H3,(H,24,27)(H,25,28)(H,26,29)/b23-11-. The number of benzene rings is 2. The number of halogens is 1. The minimum Gasteiger partial charge on any atom is -0.493 e. The number of carbonyl (C=O) groups is 3. The molecule has 0 spiro atoms. The Morgan fingerprint density at radius 3 is 2.52 bits per heavy atom. The SMILES string of the molecule is COc1cc(/C=N\NC(=O)C(=O)NC2CC2)ccc1OCC(=O)Nc1ccc(Cl)cc1. The Morgan fingerprint density at radius 2 is 1.84 bits per heavy atom. The van der Waals surface area contributed by atoms with Crippen LogP contribution in [0.4, 0.5) is 5.69 Å². The van der Waals surface area contributed by atoms with Crippen molar-refractivity contribution in [1.82, 2.24) is 10.7 Å². The number of ether oxygens (including phenoxy) is 2. The van der Waals surface area contributed by atoms with Crippen molar-refractivity contribution in [1.29, 1.82) is 0 Å². The van der Waals surface area contributed by atoms with Gasteiger partial charge < -0.3 is 20.1 Å². The Kier molecular flexibility index (Phi) is 7.45. The zero-order chi connectivity index (χ0) is 22.2. The van der Waals surface area contributed by atoms with E-state index in [4.69, 9.17) is 21.1 Å². The number of hydrogen-bond acceptors (Lipinski definition) is 6. The van der Waals surface area contributed by atoms with Gasteiger partial charge in [-0.1, -0.05) is 11.6 Å². The van der Waals surface area contributed by atoms with Gasteiger partial charge in [0, 0.05) is 16.8 Å². The van der Waals surface area contributed by atoms with Gasteiger partial charge in [-0.15, -0.1) is 0 Å². The largest absolute Gasteiger partial charge is 0.493 e. The highest BCUT2D eigenvalue weighted by Crippen LogP contribution is 2.27. The molecule has 3 N–H and O–H groups in total. The van der Waals surface area contributed by atoms with Crippen LogP contribution in [0.5, 0.6) is 11.5 Å². The molecule has 1 aliphatic carbocycles. The summed E-state index contributed by atoms with van der Waals surface area (Å²) in [5, 5.41) is 9.60. The second-order valence-corrected chi connectivity index (χ2v) is 7.14. The van der Waals surface area contributed by atoms with Crippen LogP contribution >= 0.6 is 11.6 Å². The van der Waals surface area contributed by atoms with Crippen molar-refractivity contribution in [3.8, 4) is 11.5 Å². The van der Waals surface area contributed by atoms with Gasteiger partial charge in [-0.05, 0) is 60.9 Å². The van der Waals surface area contributed by atoms with E-state index in [2.05, 4.69) is 21.2 Å². The molecule has 0 aliphatic heterocycles. The Labute approximate surface area is 183 Å². The molecule has 0 saturated heterocycles. The molecule has 0 bridgehead atoms. The molecule has 0 radical (unpaired) electrons. The van der Waals surface area contributed by atoms with Crippen LogP contribution in [-0.2, 0) is 14.4 Å². The first-order chi connectivity index (χ1) is 14.9. The lowest BCUT2D eigenvalue weighted by Gasteiger charge is -2.11. The molecule has 2 aromatic carbocycles. The summed E-state index contributed by atoms with van der Waals surface area (Å²) in [6, 6.07) is 11.7. The molecule has 9 nitrogen and oxygen atoms in total. The highest BCUT2D eigenvalue weighted by atomic mass is 35.5. The van der Waals surface area contributed by atoms with Crippen LogP contribution in [-0.4, -0.2) is 43.7 Å². The van der Waals surface area contributed by atoms with Crippen LogP contribution in [0, 0.1) is 0 Å². The lowest BCUT2D eigenvalue weighted by atomic mass is 10.2. The zero-order valence-corrected chi connectivity index (χ0v) is 17.4. The summed E-state index contributed by atoms with van der Waals surface area (Å²) in [7, 11) is 1.46. The molecule has 1 saturated carbocycles. The third kappa shape index (κ3) is 7.00. The van der Waals surface area contributed by atoms with Gasteiger partial charge in [0.1, 0.15) is 0 Å². The fraction of sp³-hybridized carbons (Fsp3) is 0.238. The summed E-state index contributed by atoms with van der Waals surface area (Å²) in [5.74, 6) is -1.15. The third-order valence-corrected chi connectivity index (χ3v) is 4.42. The maximum absolute atomic E-state index is 12.1. The van der Waals surface area contributed by atoms with Crippen molar-refractivity contribution in [2.24, 2.45) is 5.10 Å². The van der Waals surface area contributed by atoms with E-state index in [9.17, 15) is 14.4 Å². The van der Waals surface area contributed by atoms with Crippen molar-refractivity contribution in [3.05, 3.63) is 53.1 Å². The lowest BCUT2D eigenvalue weighted by molar-refractivity contribution is -0.139. The summed E-state index contributed by atoms with van der Waals surface area (Å²) < 4.78 is 10.8. The number of hydrogen-bond donors (Lipinski definition) is 3. The summed E-state index contributed by atoms with van der Waals surface area (Å²) in [4.78, 5) is 35.3. The van der Waals surface area contributed by atoms with E-state index in [1.165, 1.54) is 13.3 Å². The smallest absolute Gasteiger partial charge is 0.329 e. The number of nitrogens with zero attached hydrogens (tertiary/aromatic N) is 1. The maximum Gasteiger partial charge on any atom is 0.329 e. The van der Waals surface area contributed by atoms with E-state index in [-0.39, 0.29) is 18.6 Å². The van der Waals surface area contributed by atoms with Crippen LogP contribution < -0.4 is 25.5 Å². The Bertz CT molecular complexity index is 990. The second-order valence-electron chi connectivity index (χ2n) is 6.70. The predicted molar refractivity (Wildman–Crippen MR) is 115 cm³/mol. The molecule has 10 heteroatoms. The minimum atomic E-state index is -0.832. The number of hydrazone groups is 1. The highest BCUT2D eigenvalue weighted by Gasteiger charge is 2.26. The quantitative estimate of drug-likeness (QED) is 0.327. The first kappa shape index (κ1) is 22.1. The molecule has 2 aromatic rings. The molecule has 0 heterocycles. The molecular formula is C21H21ClN4O5. The second kappa shape index (κ2) is 10.4. The van der Waals surface area contributed by atoms with Crippen molar-refractivity contribution >= 4 is 41.2 Å². The summed E-state index contributed by atoms with van der Waals surface area (Å²) in [6.45, 7) is -0.224. The lowest BCUT2D eigenvalue weighted by Crippen LogP contribution is -2.38. The van der Waals surface area contributed by atoms with Gasteiger partial charge in [-0.2, -0.15) is 5.10 Å². The van der Waals surface area contributed by atoms with Gasteiger partial charge >= 0.3 is 11.8 Å². The van der Waals surface area contributed by atoms with Crippen LogP contribution in [0.25, 0.3) is 0 Å². The van der Waals surface area contributed by atoms with Crippen LogP contribution in [0.1, 0.15) is 18.4 Å². The normalized spacial score (nSPS) is 12.8. The molecule has 31 heavy (non-hydrogen) atoms.